The Morgan fingerprint density at radius 3 is 2.45 bits per heavy atom. The lowest BCUT2D eigenvalue weighted by molar-refractivity contribution is -0.131. The largest absolute Gasteiger partial charge is 0.478 e. The van der Waals surface area contributed by atoms with Gasteiger partial charge >= 0.3 is 5.97 Å². The highest BCUT2D eigenvalue weighted by Crippen LogP contribution is 2.12. The zero-order chi connectivity index (χ0) is 15.3. The van der Waals surface area contributed by atoms with Crippen molar-refractivity contribution in [1.82, 2.24) is 9.88 Å². The number of nitrogens with one attached hydrogen (secondary N) is 1. The Balaban J connectivity index is 2.87. The van der Waals surface area contributed by atoms with Crippen LogP contribution in [0.1, 0.15) is 36.8 Å². The zero-order valence-corrected chi connectivity index (χ0v) is 12.3. The Labute approximate surface area is 118 Å². The number of carboxylic acid groups (broad SMARTS) is 1. The van der Waals surface area contributed by atoms with Gasteiger partial charge in [-0.05, 0) is 39.8 Å². The quantitative estimate of drug-likeness (QED) is 0.829. The molecule has 110 valence electrons. The van der Waals surface area contributed by atoms with E-state index in [0.29, 0.717) is 24.6 Å². The first-order valence-electron chi connectivity index (χ1n) is 6.66. The first-order chi connectivity index (χ1) is 9.38. The number of rotatable bonds is 6. The van der Waals surface area contributed by atoms with E-state index in [2.05, 4.69) is 10.3 Å². The number of hydrogen-bond donors (Lipinski definition) is 2. The number of carbonyl (C=O) groups is 2. The Kier molecular flexibility index (Phi) is 5.49. The molecule has 1 aromatic rings. The molecule has 1 aromatic heterocycles. The van der Waals surface area contributed by atoms with Gasteiger partial charge in [0.1, 0.15) is 11.9 Å². The predicted octanol–water partition coefficient (Wildman–Crippen LogP) is 1.76. The minimum atomic E-state index is -1.01. The molecule has 0 spiro atoms. The van der Waals surface area contributed by atoms with Gasteiger partial charge in [-0.3, -0.25) is 4.79 Å². The Morgan fingerprint density at radius 2 is 1.95 bits per heavy atom. The summed E-state index contributed by atoms with van der Waals surface area (Å²) in [4.78, 5) is 29.0. The molecule has 0 bridgehead atoms. The molecule has 0 fully saturated rings. The van der Waals surface area contributed by atoms with E-state index in [1.165, 1.54) is 12.1 Å². The number of aromatic nitrogens is 1. The fourth-order valence-electron chi connectivity index (χ4n) is 1.96. The van der Waals surface area contributed by atoms with Crippen LogP contribution in [-0.4, -0.2) is 46.0 Å². The summed E-state index contributed by atoms with van der Waals surface area (Å²) in [6, 6.07) is 2.47. The van der Waals surface area contributed by atoms with Crippen molar-refractivity contribution in [2.24, 2.45) is 0 Å². The SMILES string of the molecule is CCN(CC)C(=O)C(C)Nc1cc(C(=O)O)cc(C)n1. The third-order valence-corrected chi connectivity index (χ3v) is 3.01. The topological polar surface area (TPSA) is 82.5 Å². The number of amides is 1. The molecule has 0 aliphatic carbocycles. The summed E-state index contributed by atoms with van der Waals surface area (Å²) in [5.74, 6) is -0.646. The van der Waals surface area contributed by atoms with Crippen LogP contribution in [0.2, 0.25) is 0 Å². The van der Waals surface area contributed by atoms with Gasteiger partial charge in [0.05, 0.1) is 5.56 Å². The summed E-state index contributed by atoms with van der Waals surface area (Å²) in [5.41, 5.74) is 0.748. The van der Waals surface area contributed by atoms with Crippen molar-refractivity contribution in [3.8, 4) is 0 Å². The normalized spacial score (nSPS) is 11.8. The van der Waals surface area contributed by atoms with E-state index < -0.39 is 12.0 Å². The molecule has 0 saturated heterocycles. The molecule has 0 aliphatic rings. The highest BCUT2D eigenvalue weighted by atomic mass is 16.4. The van der Waals surface area contributed by atoms with Gasteiger partial charge in [-0.25, -0.2) is 9.78 Å². The van der Waals surface area contributed by atoms with Gasteiger partial charge in [0, 0.05) is 18.8 Å². The van der Waals surface area contributed by atoms with E-state index in [9.17, 15) is 9.59 Å². The zero-order valence-electron chi connectivity index (χ0n) is 12.3. The highest BCUT2D eigenvalue weighted by Gasteiger charge is 2.18. The van der Waals surface area contributed by atoms with Crippen LogP contribution in [0.5, 0.6) is 0 Å². The summed E-state index contributed by atoms with van der Waals surface area (Å²) in [5, 5.41) is 12.0. The second kappa shape index (κ2) is 6.88. The van der Waals surface area contributed by atoms with Crippen molar-refractivity contribution >= 4 is 17.7 Å². The predicted molar refractivity (Wildman–Crippen MR) is 76.9 cm³/mol. The van der Waals surface area contributed by atoms with E-state index in [0.717, 1.165) is 0 Å². The van der Waals surface area contributed by atoms with E-state index in [-0.39, 0.29) is 11.5 Å². The molecule has 1 amide bonds. The monoisotopic (exact) mass is 279 g/mol. The van der Waals surface area contributed by atoms with E-state index >= 15 is 0 Å². The molecule has 6 nitrogen and oxygen atoms in total. The molecule has 0 aromatic carbocycles. The lowest BCUT2D eigenvalue weighted by Gasteiger charge is -2.23. The molecule has 2 N–H and O–H groups in total. The Hall–Kier alpha value is -2.11. The average Bonchev–Trinajstić information content (AvgIpc) is 2.39. The Morgan fingerprint density at radius 1 is 1.35 bits per heavy atom. The van der Waals surface area contributed by atoms with Gasteiger partial charge in [-0.2, -0.15) is 0 Å². The minimum Gasteiger partial charge on any atom is -0.478 e. The molecule has 0 aliphatic heterocycles. The molecule has 0 saturated carbocycles. The molecule has 1 heterocycles. The minimum absolute atomic E-state index is 0.0322. The van der Waals surface area contributed by atoms with Gasteiger partial charge in [-0.1, -0.05) is 0 Å². The number of anilines is 1. The molecule has 0 radical (unpaired) electrons. The lowest BCUT2D eigenvalue weighted by Crippen LogP contribution is -2.41. The molecule has 20 heavy (non-hydrogen) atoms. The molecule has 6 heteroatoms. The van der Waals surface area contributed by atoms with Crippen LogP contribution in [-0.2, 0) is 4.79 Å². The molecule has 1 unspecified atom stereocenters. The van der Waals surface area contributed by atoms with Crippen LogP contribution in [0.3, 0.4) is 0 Å². The summed E-state index contributed by atoms with van der Waals surface area (Å²) in [6.07, 6.45) is 0. The maximum atomic E-state index is 12.1. The summed E-state index contributed by atoms with van der Waals surface area (Å²) < 4.78 is 0. The number of hydrogen-bond acceptors (Lipinski definition) is 4. The van der Waals surface area contributed by atoms with Crippen molar-refractivity contribution in [1.29, 1.82) is 0 Å². The second-order valence-electron chi connectivity index (χ2n) is 4.56. The highest BCUT2D eigenvalue weighted by molar-refractivity contribution is 5.89. The fraction of sp³-hybridized carbons (Fsp3) is 0.500. The van der Waals surface area contributed by atoms with Crippen LogP contribution in [0.15, 0.2) is 12.1 Å². The summed E-state index contributed by atoms with van der Waals surface area (Å²) in [7, 11) is 0. The van der Waals surface area contributed by atoms with Crippen LogP contribution < -0.4 is 5.32 Å². The van der Waals surface area contributed by atoms with Crippen LogP contribution in [0.4, 0.5) is 5.82 Å². The number of nitrogens with zero attached hydrogens (tertiary/aromatic N) is 2. The Bertz CT molecular complexity index is 498. The first kappa shape index (κ1) is 15.9. The average molecular weight is 279 g/mol. The number of pyridine rings is 1. The van der Waals surface area contributed by atoms with E-state index in [4.69, 9.17) is 5.11 Å². The van der Waals surface area contributed by atoms with Gasteiger partial charge in [0.25, 0.3) is 0 Å². The van der Waals surface area contributed by atoms with Crippen LogP contribution >= 0.6 is 0 Å². The fourth-order valence-corrected chi connectivity index (χ4v) is 1.96. The number of aryl methyl sites for hydroxylation is 1. The summed E-state index contributed by atoms with van der Waals surface area (Å²) >= 11 is 0. The standard InChI is InChI=1S/C14H21N3O3/c1-5-17(6-2)13(18)10(4)16-12-8-11(14(19)20)7-9(3)15-12/h7-8,10H,5-6H2,1-4H3,(H,15,16)(H,19,20). The maximum absolute atomic E-state index is 12.1. The molecule has 1 atom stereocenters. The van der Waals surface area contributed by atoms with Crippen molar-refractivity contribution < 1.29 is 14.7 Å². The van der Waals surface area contributed by atoms with E-state index in [1.54, 1.807) is 18.7 Å². The number of aromatic carboxylic acids is 1. The van der Waals surface area contributed by atoms with Gasteiger partial charge < -0.3 is 15.3 Å². The van der Waals surface area contributed by atoms with Crippen LogP contribution in [0, 0.1) is 6.92 Å². The number of likely N-dealkylation sites (N-methyl/N-ethyl adjacent to an activating group) is 1. The first-order valence-corrected chi connectivity index (χ1v) is 6.66. The van der Waals surface area contributed by atoms with Gasteiger partial charge in [-0.15, -0.1) is 0 Å². The van der Waals surface area contributed by atoms with Crippen molar-refractivity contribution in [2.75, 3.05) is 18.4 Å². The third-order valence-electron chi connectivity index (χ3n) is 3.01. The van der Waals surface area contributed by atoms with Crippen molar-refractivity contribution in [3.63, 3.8) is 0 Å². The van der Waals surface area contributed by atoms with Crippen molar-refractivity contribution in [2.45, 2.75) is 33.7 Å². The summed E-state index contributed by atoms with van der Waals surface area (Å²) in [6.45, 7) is 8.58. The smallest absolute Gasteiger partial charge is 0.335 e. The lowest BCUT2D eigenvalue weighted by atomic mass is 10.2. The van der Waals surface area contributed by atoms with Gasteiger partial charge in [0.15, 0.2) is 0 Å². The van der Waals surface area contributed by atoms with Gasteiger partial charge in [0.2, 0.25) is 5.91 Å². The molecular formula is C14H21N3O3. The number of carboxylic acids is 1. The molecule has 1 rings (SSSR count). The van der Waals surface area contributed by atoms with E-state index in [1.807, 2.05) is 13.8 Å². The maximum Gasteiger partial charge on any atom is 0.335 e. The molecular weight excluding hydrogens is 258 g/mol. The van der Waals surface area contributed by atoms with Crippen LogP contribution in [0.25, 0.3) is 0 Å². The number of carbonyl (C=O) groups excluding carboxylic acids is 1. The third kappa shape index (κ3) is 3.94. The van der Waals surface area contributed by atoms with Crippen molar-refractivity contribution in [3.05, 3.63) is 23.4 Å². The second-order valence-corrected chi connectivity index (χ2v) is 4.56.